The predicted octanol–water partition coefficient (Wildman–Crippen LogP) is 8.49. The van der Waals surface area contributed by atoms with E-state index in [1.165, 1.54) is 43.6 Å². The van der Waals surface area contributed by atoms with E-state index in [4.69, 9.17) is 35.7 Å². The second-order valence-corrected chi connectivity index (χ2v) is 13.9. The lowest BCUT2D eigenvalue weighted by molar-refractivity contribution is -0.141. The highest BCUT2D eigenvalue weighted by atomic mass is 79.9. The fraction of sp³-hybridized carbons (Fsp3) is 0.375. The van der Waals surface area contributed by atoms with Crippen molar-refractivity contribution in [3.63, 3.8) is 0 Å². The van der Waals surface area contributed by atoms with Crippen LogP contribution < -0.4 is 18.9 Å². The van der Waals surface area contributed by atoms with Gasteiger partial charge in [-0.1, -0.05) is 25.4 Å². The van der Waals surface area contributed by atoms with E-state index in [9.17, 15) is 19.2 Å². The average Bonchev–Trinajstić information content (AvgIpc) is 3.63. The second kappa shape index (κ2) is 14.9. The van der Waals surface area contributed by atoms with Crippen molar-refractivity contribution >= 4 is 93.7 Å². The number of benzene rings is 2. The number of halogens is 2. The summed E-state index contributed by atoms with van der Waals surface area (Å²) in [5, 5.41) is 10.9. The maximum absolute atomic E-state index is 12.8. The van der Waals surface area contributed by atoms with Gasteiger partial charge in [0.25, 0.3) is 0 Å². The number of carboxylic acid groups (broad SMARTS) is 1. The molecule has 0 spiro atoms. The lowest BCUT2D eigenvalue weighted by atomic mass is 10.0. The number of carbonyl (C=O) groups is 4. The number of Topliss-reactive ketones (excluding diaryl/α,β-unsaturated/α-hetero) is 3. The Labute approximate surface area is 281 Å². The third kappa shape index (κ3) is 7.79. The molecule has 0 unspecified atom stereocenters. The molecule has 2 atom stereocenters. The first-order valence-corrected chi connectivity index (χ1v) is 16.8. The van der Waals surface area contributed by atoms with Crippen LogP contribution in [0, 0.1) is 11.8 Å². The van der Waals surface area contributed by atoms with Gasteiger partial charge in [-0.3, -0.25) is 19.2 Å². The number of carboxylic acids is 1. The molecule has 240 valence electrons. The Morgan fingerprint density at radius 3 is 1.84 bits per heavy atom. The Hall–Kier alpha value is -3.19. The zero-order valence-corrected chi connectivity index (χ0v) is 29.3. The van der Waals surface area contributed by atoms with Crippen LogP contribution in [0.2, 0.25) is 5.02 Å². The molecule has 0 aliphatic heterocycles. The number of rotatable bonds is 16. The van der Waals surface area contributed by atoms with Gasteiger partial charge < -0.3 is 24.1 Å². The van der Waals surface area contributed by atoms with Crippen LogP contribution in [0.3, 0.4) is 0 Å². The van der Waals surface area contributed by atoms with Gasteiger partial charge in [0.1, 0.15) is 5.78 Å². The summed E-state index contributed by atoms with van der Waals surface area (Å²) < 4.78 is 25.4. The van der Waals surface area contributed by atoms with Gasteiger partial charge in [0, 0.05) is 57.5 Å². The summed E-state index contributed by atoms with van der Waals surface area (Å²) in [5.41, 5.74) is 0. The van der Waals surface area contributed by atoms with Crippen molar-refractivity contribution in [2.75, 3.05) is 27.4 Å². The highest BCUT2D eigenvalue weighted by molar-refractivity contribution is 9.10. The number of ketones is 3. The van der Waals surface area contributed by atoms with E-state index in [1.807, 2.05) is 6.07 Å². The van der Waals surface area contributed by atoms with Crippen molar-refractivity contribution in [3.05, 3.63) is 43.5 Å². The topological polar surface area (TPSA) is 125 Å². The van der Waals surface area contributed by atoms with Gasteiger partial charge in [0.15, 0.2) is 34.6 Å². The molecule has 4 aromatic rings. The standard InChI is InChI=1S/C32H32BrClO9S2/c1-15(17(3)35)9-20(36)26-11-18-24(44-26)13-22(40-4)30(28(18)33)42-7-6-8-43-31-23(41-5)14-25-19(29(31)34)12-27(45-25)21(37)10-16(2)32(38)39/h11-16H,6-10H2,1-5H3,(H,38,39)/t15-,16-/m0/s1. The summed E-state index contributed by atoms with van der Waals surface area (Å²) in [6.45, 7) is 5.24. The average molecular weight is 740 g/mol. The molecule has 2 aromatic carbocycles. The third-order valence-corrected chi connectivity index (χ3v) is 10.6. The van der Waals surface area contributed by atoms with Crippen LogP contribution in [0.1, 0.15) is 59.4 Å². The van der Waals surface area contributed by atoms with Gasteiger partial charge in [-0.2, -0.15) is 0 Å². The van der Waals surface area contributed by atoms with Crippen LogP contribution in [0.25, 0.3) is 20.2 Å². The molecule has 45 heavy (non-hydrogen) atoms. The molecule has 1 N–H and O–H groups in total. The quantitative estimate of drug-likeness (QED) is 0.0890. The first-order valence-electron chi connectivity index (χ1n) is 14.0. The molecule has 13 heteroatoms. The first kappa shape index (κ1) is 34.7. The fourth-order valence-corrected chi connectivity index (χ4v) is 7.67. The van der Waals surface area contributed by atoms with Crippen LogP contribution in [-0.2, 0) is 9.59 Å². The summed E-state index contributed by atoms with van der Waals surface area (Å²) in [7, 11) is 3.04. The number of carbonyl (C=O) groups excluding carboxylic acids is 3. The number of fused-ring (bicyclic) bond motifs is 2. The molecule has 0 radical (unpaired) electrons. The van der Waals surface area contributed by atoms with Crippen LogP contribution >= 0.6 is 50.2 Å². The van der Waals surface area contributed by atoms with Gasteiger partial charge in [-0.25, -0.2) is 0 Å². The SMILES string of the molecule is COc1cc2sc(C(=O)C[C@H](C)C(=O)O)cc2c(Cl)c1OCCCOc1c(OC)cc2sc(C(=O)C[C@H](C)C(C)=O)cc2c1Br. The minimum Gasteiger partial charge on any atom is -0.493 e. The van der Waals surface area contributed by atoms with E-state index in [1.54, 1.807) is 32.2 Å². The molecule has 0 saturated heterocycles. The Morgan fingerprint density at radius 1 is 0.822 bits per heavy atom. The molecule has 0 saturated carbocycles. The molecule has 9 nitrogen and oxygen atoms in total. The Kier molecular flexibility index (Phi) is 11.5. The Balaban J connectivity index is 1.44. The van der Waals surface area contributed by atoms with Gasteiger partial charge in [0.05, 0.1) is 52.6 Å². The molecule has 2 heterocycles. The second-order valence-electron chi connectivity index (χ2n) is 10.5. The summed E-state index contributed by atoms with van der Waals surface area (Å²) in [6, 6.07) is 7.02. The van der Waals surface area contributed by atoms with Crippen molar-refractivity contribution in [2.24, 2.45) is 11.8 Å². The van der Waals surface area contributed by atoms with E-state index in [2.05, 4.69) is 15.9 Å². The summed E-state index contributed by atoms with van der Waals surface area (Å²) in [5.74, 6) is -0.818. The Bertz CT molecular complexity index is 1650. The van der Waals surface area contributed by atoms with E-state index in [0.717, 1.165) is 14.8 Å². The summed E-state index contributed by atoms with van der Waals surface area (Å²) >= 11 is 12.9. The normalized spacial score (nSPS) is 12.6. The minimum atomic E-state index is -1.03. The highest BCUT2D eigenvalue weighted by Crippen LogP contribution is 2.46. The van der Waals surface area contributed by atoms with Crippen molar-refractivity contribution in [2.45, 2.75) is 40.0 Å². The van der Waals surface area contributed by atoms with Crippen LogP contribution in [-0.4, -0.2) is 55.9 Å². The van der Waals surface area contributed by atoms with Gasteiger partial charge in [-0.05, 0) is 35.0 Å². The van der Waals surface area contributed by atoms with E-state index in [0.29, 0.717) is 54.1 Å². The van der Waals surface area contributed by atoms with E-state index < -0.39 is 11.9 Å². The number of hydrogen-bond donors (Lipinski definition) is 1. The molecule has 2 aromatic heterocycles. The van der Waals surface area contributed by atoms with Crippen LogP contribution in [0.4, 0.5) is 0 Å². The van der Waals surface area contributed by atoms with Crippen molar-refractivity contribution in [1.29, 1.82) is 0 Å². The lowest BCUT2D eigenvalue weighted by Crippen LogP contribution is -2.13. The van der Waals surface area contributed by atoms with Gasteiger partial charge in [0.2, 0.25) is 0 Å². The zero-order chi connectivity index (χ0) is 33.0. The van der Waals surface area contributed by atoms with E-state index in [-0.39, 0.29) is 49.3 Å². The number of hydrogen-bond acceptors (Lipinski definition) is 10. The maximum Gasteiger partial charge on any atom is 0.306 e. The van der Waals surface area contributed by atoms with Crippen LogP contribution in [0.5, 0.6) is 23.0 Å². The monoisotopic (exact) mass is 738 g/mol. The third-order valence-electron chi connectivity index (χ3n) is 7.23. The van der Waals surface area contributed by atoms with Gasteiger partial charge in [-0.15, -0.1) is 22.7 Å². The largest absolute Gasteiger partial charge is 0.493 e. The minimum absolute atomic E-state index is 0.0232. The molecular formula is C32H32BrClO9S2. The summed E-state index contributed by atoms with van der Waals surface area (Å²) in [4.78, 5) is 49.2. The molecule has 4 rings (SSSR count). The number of methoxy groups -OCH3 is 2. The molecule has 0 amide bonds. The van der Waals surface area contributed by atoms with Crippen molar-refractivity contribution < 1.29 is 43.2 Å². The molecule has 0 fully saturated rings. The number of thiophene rings is 2. The summed E-state index contributed by atoms with van der Waals surface area (Å²) in [6.07, 6.45) is 0.516. The zero-order valence-electron chi connectivity index (χ0n) is 25.3. The maximum atomic E-state index is 12.8. The molecule has 0 bridgehead atoms. The van der Waals surface area contributed by atoms with Crippen molar-refractivity contribution in [3.8, 4) is 23.0 Å². The highest BCUT2D eigenvalue weighted by Gasteiger charge is 2.23. The number of aliphatic carboxylic acids is 1. The first-order chi connectivity index (χ1) is 21.4. The van der Waals surface area contributed by atoms with Crippen molar-refractivity contribution in [1.82, 2.24) is 0 Å². The molecular weight excluding hydrogens is 708 g/mol. The lowest BCUT2D eigenvalue weighted by Gasteiger charge is -2.15. The predicted molar refractivity (Wildman–Crippen MR) is 180 cm³/mol. The Morgan fingerprint density at radius 2 is 1.31 bits per heavy atom. The molecule has 0 aliphatic rings. The smallest absolute Gasteiger partial charge is 0.306 e. The molecule has 0 aliphatic carbocycles. The fourth-order valence-electron chi connectivity index (χ4n) is 4.44. The number of ether oxygens (including phenoxy) is 4. The van der Waals surface area contributed by atoms with E-state index >= 15 is 0 Å². The van der Waals surface area contributed by atoms with Crippen LogP contribution in [0.15, 0.2) is 28.7 Å². The van der Waals surface area contributed by atoms with Gasteiger partial charge >= 0.3 is 5.97 Å².